The fourth-order valence-electron chi connectivity index (χ4n) is 1.79. The number of fused-ring (bicyclic) bond motifs is 1. The van der Waals surface area contributed by atoms with Gasteiger partial charge in [0.25, 0.3) is 0 Å². The van der Waals surface area contributed by atoms with Crippen LogP contribution in [-0.2, 0) is 7.05 Å². The highest BCUT2D eigenvalue weighted by molar-refractivity contribution is 5.91. The van der Waals surface area contributed by atoms with E-state index in [0.29, 0.717) is 22.8 Å². The predicted molar refractivity (Wildman–Crippen MR) is 66.6 cm³/mol. The highest BCUT2D eigenvalue weighted by atomic mass is 16.4. The Balaban J connectivity index is 1.84. The van der Waals surface area contributed by atoms with Crippen molar-refractivity contribution in [3.8, 4) is 0 Å². The quantitative estimate of drug-likeness (QED) is 0.842. The molecule has 0 saturated heterocycles. The summed E-state index contributed by atoms with van der Waals surface area (Å²) < 4.78 is 6.47. The van der Waals surface area contributed by atoms with Crippen molar-refractivity contribution in [3.63, 3.8) is 0 Å². The number of aromatic nitrogens is 1. The molecule has 0 bridgehead atoms. The van der Waals surface area contributed by atoms with Crippen LogP contribution in [0.3, 0.4) is 0 Å². The number of urea groups is 1. The third-order valence-electron chi connectivity index (χ3n) is 2.96. The van der Waals surface area contributed by atoms with Gasteiger partial charge in [-0.1, -0.05) is 0 Å². The zero-order chi connectivity index (χ0) is 12.7. The van der Waals surface area contributed by atoms with Crippen molar-refractivity contribution in [3.05, 3.63) is 28.7 Å². The summed E-state index contributed by atoms with van der Waals surface area (Å²) in [4.78, 5) is 22.9. The van der Waals surface area contributed by atoms with Crippen molar-refractivity contribution in [1.82, 2.24) is 9.88 Å². The zero-order valence-electron chi connectivity index (χ0n) is 9.90. The summed E-state index contributed by atoms with van der Waals surface area (Å²) in [7, 11) is 1.64. The summed E-state index contributed by atoms with van der Waals surface area (Å²) in [6.07, 6.45) is 2.08. The first-order valence-corrected chi connectivity index (χ1v) is 5.80. The Morgan fingerprint density at radius 3 is 2.94 bits per heavy atom. The van der Waals surface area contributed by atoms with Crippen molar-refractivity contribution < 1.29 is 9.21 Å². The molecule has 6 heteroatoms. The number of hydrogen-bond donors (Lipinski definition) is 2. The van der Waals surface area contributed by atoms with Crippen LogP contribution in [0.2, 0.25) is 0 Å². The molecule has 6 nitrogen and oxygen atoms in total. The summed E-state index contributed by atoms with van der Waals surface area (Å²) in [5, 5.41) is 5.53. The number of hydrogen-bond acceptors (Lipinski definition) is 3. The minimum atomic E-state index is -0.412. The molecule has 1 aliphatic rings. The Hall–Kier alpha value is -2.24. The molecule has 1 fully saturated rings. The third kappa shape index (κ3) is 1.97. The van der Waals surface area contributed by atoms with Crippen molar-refractivity contribution in [2.75, 3.05) is 5.32 Å². The molecule has 1 saturated carbocycles. The molecule has 1 aliphatic carbocycles. The van der Waals surface area contributed by atoms with Gasteiger partial charge in [-0.3, -0.25) is 4.57 Å². The van der Waals surface area contributed by atoms with E-state index < -0.39 is 5.76 Å². The van der Waals surface area contributed by atoms with Crippen LogP contribution in [0.4, 0.5) is 10.5 Å². The minimum Gasteiger partial charge on any atom is -0.408 e. The normalized spacial score (nSPS) is 14.7. The highest BCUT2D eigenvalue weighted by Gasteiger charge is 2.23. The summed E-state index contributed by atoms with van der Waals surface area (Å²) in [5.41, 5.74) is 1.77. The van der Waals surface area contributed by atoms with Gasteiger partial charge in [-0.25, -0.2) is 9.59 Å². The Morgan fingerprint density at radius 1 is 1.44 bits per heavy atom. The number of rotatable bonds is 2. The van der Waals surface area contributed by atoms with Crippen LogP contribution in [0.25, 0.3) is 11.1 Å². The molecule has 0 atom stereocenters. The first kappa shape index (κ1) is 10.9. The van der Waals surface area contributed by atoms with E-state index in [1.165, 1.54) is 4.57 Å². The van der Waals surface area contributed by atoms with E-state index in [4.69, 9.17) is 4.42 Å². The predicted octanol–water partition coefficient (Wildman–Crippen LogP) is 1.42. The van der Waals surface area contributed by atoms with Gasteiger partial charge in [-0.2, -0.15) is 0 Å². The van der Waals surface area contributed by atoms with Crippen molar-refractivity contribution >= 4 is 22.8 Å². The molecule has 0 spiro atoms. The Labute approximate surface area is 103 Å². The van der Waals surface area contributed by atoms with E-state index in [2.05, 4.69) is 10.6 Å². The molecule has 18 heavy (non-hydrogen) atoms. The lowest BCUT2D eigenvalue weighted by atomic mass is 10.3. The highest BCUT2D eigenvalue weighted by Crippen LogP contribution is 2.20. The van der Waals surface area contributed by atoms with E-state index in [0.717, 1.165) is 12.8 Å². The molecule has 1 heterocycles. The number of carbonyl (C=O) groups excluding carboxylic acids is 1. The van der Waals surface area contributed by atoms with Gasteiger partial charge >= 0.3 is 11.8 Å². The van der Waals surface area contributed by atoms with Crippen LogP contribution >= 0.6 is 0 Å². The molecule has 1 aromatic heterocycles. The molecule has 1 aromatic carbocycles. The van der Waals surface area contributed by atoms with Gasteiger partial charge in [0.15, 0.2) is 5.58 Å². The maximum absolute atomic E-state index is 11.6. The number of carbonyl (C=O) groups is 1. The summed E-state index contributed by atoms with van der Waals surface area (Å²) in [5.74, 6) is -0.412. The standard InChI is InChI=1S/C12H13N3O3/c1-15-9-5-4-8(6-10(9)18-12(15)17)14-11(16)13-7-2-3-7/h4-7H,2-3H2,1H3,(H2,13,14,16). The molecule has 0 aliphatic heterocycles. The number of anilines is 1. The lowest BCUT2D eigenvalue weighted by Crippen LogP contribution is -2.30. The van der Waals surface area contributed by atoms with Gasteiger partial charge in [0.05, 0.1) is 5.52 Å². The Kier molecular flexibility index (Phi) is 2.36. The molecule has 2 N–H and O–H groups in total. The molecule has 3 rings (SSSR count). The van der Waals surface area contributed by atoms with Crippen LogP contribution in [0.1, 0.15) is 12.8 Å². The first-order valence-electron chi connectivity index (χ1n) is 5.80. The van der Waals surface area contributed by atoms with Crippen LogP contribution in [0, 0.1) is 0 Å². The Bertz CT molecular complexity index is 667. The fraction of sp³-hybridized carbons (Fsp3) is 0.333. The third-order valence-corrected chi connectivity index (χ3v) is 2.96. The number of oxazole rings is 1. The van der Waals surface area contributed by atoms with Crippen LogP contribution in [-0.4, -0.2) is 16.6 Å². The lowest BCUT2D eigenvalue weighted by molar-refractivity contribution is 0.251. The molecular formula is C12H13N3O3. The van der Waals surface area contributed by atoms with E-state index in [1.807, 2.05) is 0 Å². The second-order valence-corrected chi connectivity index (χ2v) is 4.48. The molecule has 2 amide bonds. The number of nitrogens with one attached hydrogen (secondary N) is 2. The molecule has 2 aromatic rings. The van der Waals surface area contributed by atoms with Gasteiger partial charge in [0.1, 0.15) is 0 Å². The second kappa shape index (κ2) is 3.90. The minimum absolute atomic E-state index is 0.227. The van der Waals surface area contributed by atoms with Crippen molar-refractivity contribution in [2.45, 2.75) is 18.9 Å². The van der Waals surface area contributed by atoms with Crippen LogP contribution in [0.5, 0.6) is 0 Å². The van der Waals surface area contributed by atoms with Crippen molar-refractivity contribution in [1.29, 1.82) is 0 Å². The molecule has 0 radical (unpaired) electrons. The van der Waals surface area contributed by atoms with Crippen LogP contribution < -0.4 is 16.4 Å². The smallest absolute Gasteiger partial charge is 0.408 e. The monoisotopic (exact) mass is 247 g/mol. The molecule has 94 valence electrons. The topological polar surface area (TPSA) is 76.3 Å². The average Bonchev–Trinajstić information content (AvgIpc) is 3.07. The van der Waals surface area contributed by atoms with Crippen LogP contribution in [0.15, 0.2) is 27.4 Å². The molecule has 0 unspecified atom stereocenters. The number of benzene rings is 1. The summed E-state index contributed by atoms with van der Waals surface area (Å²) >= 11 is 0. The van der Waals surface area contributed by atoms with E-state index in [9.17, 15) is 9.59 Å². The average molecular weight is 247 g/mol. The maximum Gasteiger partial charge on any atom is 0.419 e. The zero-order valence-corrected chi connectivity index (χ0v) is 9.90. The van der Waals surface area contributed by atoms with E-state index >= 15 is 0 Å². The van der Waals surface area contributed by atoms with Gasteiger partial charge in [0.2, 0.25) is 0 Å². The fourth-order valence-corrected chi connectivity index (χ4v) is 1.79. The lowest BCUT2D eigenvalue weighted by Gasteiger charge is -2.06. The summed E-state index contributed by atoms with van der Waals surface area (Å²) in [6.45, 7) is 0. The first-order chi connectivity index (χ1) is 8.63. The van der Waals surface area contributed by atoms with Gasteiger partial charge in [0, 0.05) is 24.8 Å². The van der Waals surface area contributed by atoms with E-state index in [-0.39, 0.29) is 6.03 Å². The largest absolute Gasteiger partial charge is 0.419 e. The summed E-state index contributed by atoms with van der Waals surface area (Å²) in [6, 6.07) is 5.21. The van der Waals surface area contributed by atoms with Crippen molar-refractivity contribution in [2.24, 2.45) is 7.05 Å². The Morgan fingerprint density at radius 2 is 2.22 bits per heavy atom. The van der Waals surface area contributed by atoms with Gasteiger partial charge in [-0.05, 0) is 25.0 Å². The molecular weight excluding hydrogens is 234 g/mol. The number of nitrogens with zero attached hydrogens (tertiary/aromatic N) is 1. The number of amides is 2. The van der Waals surface area contributed by atoms with Gasteiger partial charge < -0.3 is 15.1 Å². The van der Waals surface area contributed by atoms with Gasteiger partial charge in [-0.15, -0.1) is 0 Å². The number of aryl methyl sites for hydroxylation is 1. The van der Waals surface area contributed by atoms with E-state index in [1.54, 1.807) is 25.2 Å². The second-order valence-electron chi connectivity index (χ2n) is 4.48. The maximum atomic E-state index is 11.6. The SMILES string of the molecule is Cn1c(=O)oc2cc(NC(=O)NC3CC3)ccc21.